The molecule has 0 fully saturated rings. The van der Waals surface area contributed by atoms with Crippen LogP contribution in [0.15, 0.2) is 53.9 Å². The molecule has 0 amide bonds. The molecule has 0 heterocycles. The Hall–Kier alpha value is -1.75. The summed E-state index contributed by atoms with van der Waals surface area (Å²) < 4.78 is 31.1. The first-order valence-corrected chi connectivity index (χ1v) is 8.71. The molecule has 4 nitrogen and oxygen atoms in total. The zero-order valence-electron chi connectivity index (χ0n) is 12.6. The Morgan fingerprint density at radius 3 is 2.52 bits per heavy atom. The van der Waals surface area contributed by atoms with Crippen molar-refractivity contribution in [3.8, 4) is 0 Å². The fraction of sp³-hybridized carbons (Fsp3) is 0.375. The lowest BCUT2D eigenvalue weighted by Gasteiger charge is -2.28. The Morgan fingerprint density at radius 2 is 1.90 bits per heavy atom. The van der Waals surface area contributed by atoms with Gasteiger partial charge in [-0.25, -0.2) is 8.42 Å². The molecule has 1 aromatic carbocycles. The molecule has 1 aromatic rings. The molecule has 114 valence electrons. The van der Waals surface area contributed by atoms with Gasteiger partial charge >= 0.3 is 0 Å². The molecule has 0 aromatic heterocycles. The molecule has 1 aliphatic rings. The zero-order valence-corrected chi connectivity index (χ0v) is 13.4. The fourth-order valence-electron chi connectivity index (χ4n) is 2.30. The number of sulfonamides is 1. The third-order valence-corrected chi connectivity index (χ3v) is 3.67. The first kappa shape index (κ1) is 15.6. The molecule has 0 unspecified atom stereocenters. The Balaban J connectivity index is 2.10. The predicted molar refractivity (Wildman–Crippen MR) is 83.8 cm³/mol. The summed E-state index contributed by atoms with van der Waals surface area (Å²) in [5, 5.41) is 0. The van der Waals surface area contributed by atoms with Crippen molar-refractivity contribution in [2.75, 3.05) is 6.26 Å². The van der Waals surface area contributed by atoms with E-state index >= 15 is 0 Å². The second kappa shape index (κ2) is 5.93. The number of ether oxygens (including phenoxy) is 1. The van der Waals surface area contributed by atoms with E-state index in [1.54, 1.807) is 6.08 Å². The monoisotopic (exact) mass is 307 g/mol. The van der Waals surface area contributed by atoms with Crippen LogP contribution in [-0.4, -0.2) is 14.7 Å². The van der Waals surface area contributed by atoms with Gasteiger partial charge in [0.1, 0.15) is 6.61 Å². The van der Waals surface area contributed by atoms with Crippen molar-refractivity contribution in [3.63, 3.8) is 0 Å². The molecule has 1 aliphatic carbocycles. The first-order valence-electron chi connectivity index (χ1n) is 6.81. The molecular weight excluding hydrogens is 286 g/mol. The summed E-state index contributed by atoms with van der Waals surface area (Å²) >= 11 is 0. The van der Waals surface area contributed by atoms with E-state index in [0.29, 0.717) is 12.3 Å². The van der Waals surface area contributed by atoms with Gasteiger partial charge < -0.3 is 4.74 Å². The SMILES string of the molecule is CC1(C)C=C(NS(C)(=O)=O)C=C(OCc2ccccc2)C1. The zero-order chi connectivity index (χ0) is 15.5. The predicted octanol–water partition coefficient (Wildman–Crippen LogP) is 2.95. The molecule has 0 bridgehead atoms. The van der Waals surface area contributed by atoms with Crippen molar-refractivity contribution in [2.45, 2.75) is 26.9 Å². The fourth-order valence-corrected chi connectivity index (χ4v) is 2.85. The maximum atomic E-state index is 11.4. The summed E-state index contributed by atoms with van der Waals surface area (Å²) in [7, 11) is -3.28. The number of hydrogen-bond donors (Lipinski definition) is 1. The van der Waals surface area contributed by atoms with E-state index in [9.17, 15) is 8.42 Å². The van der Waals surface area contributed by atoms with E-state index in [0.717, 1.165) is 24.0 Å². The first-order chi connectivity index (χ1) is 9.73. The van der Waals surface area contributed by atoms with Crippen molar-refractivity contribution in [1.82, 2.24) is 4.72 Å². The highest BCUT2D eigenvalue weighted by molar-refractivity contribution is 7.88. The molecule has 5 heteroatoms. The summed E-state index contributed by atoms with van der Waals surface area (Å²) in [5.41, 5.74) is 1.51. The minimum absolute atomic E-state index is 0.145. The number of rotatable bonds is 5. The largest absolute Gasteiger partial charge is 0.493 e. The van der Waals surface area contributed by atoms with Crippen LogP contribution in [0.5, 0.6) is 0 Å². The summed E-state index contributed by atoms with van der Waals surface area (Å²) in [6.45, 7) is 4.58. The van der Waals surface area contributed by atoms with Crippen LogP contribution in [0.4, 0.5) is 0 Å². The van der Waals surface area contributed by atoms with Gasteiger partial charge in [-0.2, -0.15) is 0 Å². The molecule has 2 rings (SSSR count). The van der Waals surface area contributed by atoms with Crippen molar-refractivity contribution in [1.29, 1.82) is 0 Å². The van der Waals surface area contributed by atoms with Gasteiger partial charge in [0.2, 0.25) is 10.0 Å². The average Bonchev–Trinajstić information content (AvgIpc) is 2.33. The van der Waals surface area contributed by atoms with Crippen LogP contribution in [-0.2, 0) is 21.4 Å². The van der Waals surface area contributed by atoms with Crippen molar-refractivity contribution >= 4 is 10.0 Å². The number of allylic oxidation sites excluding steroid dienone is 3. The molecular formula is C16H21NO3S. The van der Waals surface area contributed by atoms with Crippen molar-refractivity contribution in [3.05, 3.63) is 59.5 Å². The number of hydrogen-bond acceptors (Lipinski definition) is 3. The standard InChI is InChI=1S/C16H21NO3S/c1-16(2)10-14(17-21(3,18)19)9-15(11-16)20-12-13-7-5-4-6-8-13/h4-10,17H,11-12H2,1-3H3. The third kappa shape index (κ3) is 5.27. The second-order valence-corrected chi connectivity index (χ2v) is 7.77. The third-order valence-electron chi connectivity index (χ3n) is 3.06. The quantitative estimate of drug-likeness (QED) is 0.910. The highest BCUT2D eigenvalue weighted by Gasteiger charge is 2.24. The molecule has 0 saturated heterocycles. The van der Waals surface area contributed by atoms with Gasteiger partial charge in [-0.05, 0) is 17.1 Å². The summed E-state index contributed by atoms with van der Waals surface area (Å²) in [4.78, 5) is 0. The normalized spacial score (nSPS) is 17.7. The molecule has 1 N–H and O–H groups in total. The topological polar surface area (TPSA) is 55.4 Å². The second-order valence-electron chi connectivity index (χ2n) is 6.02. The van der Waals surface area contributed by atoms with Crippen LogP contribution in [0.1, 0.15) is 25.8 Å². The highest BCUT2D eigenvalue weighted by atomic mass is 32.2. The van der Waals surface area contributed by atoms with Crippen LogP contribution < -0.4 is 4.72 Å². The van der Waals surface area contributed by atoms with Gasteiger partial charge in [-0.3, -0.25) is 4.72 Å². The lowest BCUT2D eigenvalue weighted by molar-refractivity contribution is 0.170. The van der Waals surface area contributed by atoms with Gasteiger partial charge in [-0.1, -0.05) is 50.3 Å². The minimum Gasteiger partial charge on any atom is -0.493 e. The maximum absolute atomic E-state index is 11.4. The maximum Gasteiger partial charge on any atom is 0.229 e. The number of nitrogens with one attached hydrogen (secondary N) is 1. The van der Waals surface area contributed by atoms with E-state index in [2.05, 4.69) is 18.6 Å². The van der Waals surface area contributed by atoms with Crippen LogP contribution >= 0.6 is 0 Å². The van der Waals surface area contributed by atoms with Crippen molar-refractivity contribution in [2.24, 2.45) is 5.41 Å². The Morgan fingerprint density at radius 1 is 1.24 bits per heavy atom. The summed E-state index contributed by atoms with van der Waals surface area (Å²) in [6, 6.07) is 9.90. The lowest BCUT2D eigenvalue weighted by atomic mass is 9.84. The van der Waals surface area contributed by atoms with Crippen LogP contribution in [0.2, 0.25) is 0 Å². The smallest absolute Gasteiger partial charge is 0.229 e. The average molecular weight is 307 g/mol. The molecule has 0 spiro atoms. The Kier molecular flexibility index (Phi) is 4.42. The Bertz CT molecular complexity index is 658. The summed E-state index contributed by atoms with van der Waals surface area (Å²) in [6.07, 6.45) is 5.57. The van der Waals surface area contributed by atoms with E-state index < -0.39 is 10.0 Å². The van der Waals surface area contributed by atoms with E-state index in [-0.39, 0.29) is 5.41 Å². The van der Waals surface area contributed by atoms with Gasteiger partial charge in [0.05, 0.1) is 12.0 Å². The Labute approximate surface area is 126 Å². The lowest BCUT2D eigenvalue weighted by Crippen LogP contribution is -2.25. The van der Waals surface area contributed by atoms with Gasteiger partial charge in [-0.15, -0.1) is 0 Å². The van der Waals surface area contributed by atoms with Crippen LogP contribution in [0.3, 0.4) is 0 Å². The molecule has 0 saturated carbocycles. The van der Waals surface area contributed by atoms with Gasteiger partial charge in [0, 0.05) is 12.1 Å². The van der Waals surface area contributed by atoms with Crippen LogP contribution in [0, 0.1) is 5.41 Å². The number of benzene rings is 1. The molecule has 0 aliphatic heterocycles. The van der Waals surface area contributed by atoms with Crippen molar-refractivity contribution < 1.29 is 13.2 Å². The van der Waals surface area contributed by atoms with E-state index in [4.69, 9.17) is 4.74 Å². The molecule has 0 atom stereocenters. The van der Waals surface area contributed by atoms with Gasteiger partial charge in [0.25, 0.3) is 0 Å². The molecule has 0 radical (unpaired) electrons. The minimum atomic E-state index is -3.28. The van der Waals surface area contributed by atoms with E-state index in [1.807, 2.05) is 36.4 Å². The van der Waals surface area contributed by atoms with Gasteiger partial charge in [0.15, 0.2) is 0 Å². The highest BCUT2D eigenvalue weighted by Crippen LogP contribution is 2.33. The van der Waals surface area contributed by atoms with E-state index in [1.165, 1.54) is 0 Å². The molecule has 21 heavy (non-hydrogen) atoms. The van der Waals surface area contributed by atoms with Crippen LogP contribution in [0.25, 0.3) is 0 Å². The summed E-state index contributed by atoms with van der Waals surface area (Å²) in [5.74, 6) is 0.789.